The largest absolute Gasteiger partial charge is 0.350 e. The summed E-state index contributed by atoms with van der Waals surface area (Å²) in [5.41, 5.74) is 2.17. The number of rotatable bonds is 4. The van der Waals surface area contributed by atoms with Crippen LogP contribution in [0.15, 0.2) is 47.1 Å². The van der Waals surface area contributed by atoms with Gasteiger partial charge in [0.15, 0.2) is 6.54 Å². The van der Waals surface area contributed by atoms with Crippen LogP contribution in [0.5, 0.6) is 0 Å². The summed E-state index contributed by atoms with van der Waals surface area (Å²) in [6.07, 6.45) is 4.41. The van der Waals surface area contributed by atoms with Gasteiger partial charge in [0.2, 0.25) is 0 Å². The Balaban J connectivity index is 1.63. The average Bonchev–Trinajstić information content (AvgIpc) is 3.10. The van der Waals surface area contributed by atoms with Crippen molar-refractivity contribution in [3.63, 3.8) is 0 Å². The summed E-state index contributed by atoms with van der Waals surface area (Å²) in [5, 5.41) is 2.99. The molecule has 1 aromatic heterocycles. The molecule has 0 radical (unpaired) electrons. The number of anilines is 1. The van der Waals surface area contributed by atoms with Crippen LogP contribution in [0.2, 0.25) is 0 Å². The molecule has 116 valence electrons. The van der Waals surface area contributed by atoms with Gasteiger partial charge in [0.1, 0.15) is 6.04 Å². The summed E-state index contributed by atoms with van der Waals surface area (Å²) in [5.74, 6) is 0.0819. The molecule has 2 heterocycles. The minimum absolute atomic E-state index is 0.0819. The maximum atomic E-state index is 12.3. The van der Waals surface area contributed by atoms with Crippen molar-refractivity contribution in [3.8, 4) is 0 Å². The summed E-state index contributed by atoms with van der Waals surface area (Å²) in [4.78, 5) is 13.7. The number of carbonyl (C=O) groups excluding carboxylic acids is 1. The van der Waals surface area contributed by atoms with Gasteiger partial charge in [0.25, 0.3) is 5.91 Å². The molecular weight excluding hydrogens is 342 g/mol. The normalized spacial score (nSPS) is 21.0. The van der Waals surface area contributed by atoms with Crippen LogP contribution >= 0.6 is 15.9 Å². The monoisotopic (exact) mass is 362 g/mol. The first-order valence-electron chi connectivity index (χ1n) is 7.65. The van der Waals surface area contributed by atoms with Crippen molar-refractivity contribution < 1.29 is 9.69 Å². The molecule has 2 aromatic rings. The van der Waals surface area contributed by atoms with E-state index in [9.17, 15) is 4.79 Å². The number of benzene rings is 1. The van der Waals surface area contributed by atoms with E-state index in [0.717, 1.165) is 23.1 Å². The van der Waals surface area contributed by atoms with E-state index in [-0.39, 0.29) is 5.91 Å². The Hall–Kier alpha value is -1.59. The van der Waals surface area contributed by atoms with Gasteiger partial charge in [-0.2, -0.15) is 0 Å². The van der Waals surface area contributed by atoms with Crippen LogP contribution in [-0.2, 0) is 11.8 Å². The number of quaternary nitrogens is 1. The number of carbonyl (C=O) groups is 1. The number of aromatic nitrogens is 1. The highest BCUT2D eigenvalue weighted by molar-refractivity contribution is 9.10. The van der Waals surface area contributed by atoms with Crippen LogP contribution in [0.25, 0.3) is 0 Å². The average molecular weight is 363 g/mol. The number of aryl methyl sites for hydroxylation is 1. The molecule has 1 amide bonds. The first-order chi connectivity index (χ1) is 10.6. The quantitative estimate of drug-likeness (QED) is 0.859. The van der Waals surface area contributed by atoms with Crippen LogP contribution < -0.4 is 10.2 Å². The fraction of sp³-hybridized carbons (Fsp3) is 0.353. The van der Waals surface area contributed by atoms with Gasteiger partial charge in [-0.05, 0) is 36.4 Å². The number of nitrogens with zero attached hydrogens (tertiary/aromatic N) is 1. The molecule has 2 atom stereocenters. The third-order valence-electron chi connectivity index (χ3n) is 4.34. The number of halogens is 1. The van der Waals surface area contributed by atoms with Crippen LogP contribution in [-0.4, -0.2) is 23.6 Å². The summed E-state index contributed by atoms with van der Waals surface area (Å²) in [7, 11) is 2.08. The first-order valence-corrected chi connectivity index (χ1v) is 8.44. The molecule has 1 aliphatic heterocycles. The van der Waals surface area contributed by atoms with Gasteiger partial charge in [0, 0.05) is 36.2 Å². The fourth-order valence-corrected chi connectivity index (χ4v) is 3.53. The Morgan fingerprint density at radius 1 is 1.36 bits per heavy atom. The molecule has 2 N–H and O–H groups in total. The Labute approximate surface area is 139 Å². The van der Waals surface area contributed by atoms with E-state index in [0.29, 0.717) is 12.6 Å². The van der Waals surface area contributed by atoms with Gasteiger partial charge in [-0.15, -0.1) is 0 Å². The van der Waals surface area contributed by atoms with E-state index in [1.807, 2.05) is 24.3 Å². The van der Waals surface area contributed by atoms with E-state index in [4.69, 9.17) is 0 Å². The molecular formula is C17H21BrN3O+. The highest BCUT2D eigenvalue weighted by Crippen LogP contribution is 2.19. The summed E-state index contributed by atoms with van der Waals surface area (Å²) >= 11 is 3.40. The third-order valence-corrected chi connectivity index (χ3v) is 4.87. The molecule has 0 bridgehead atoms. The van der Waals surface area contributed by atoms with Crippen molar-refractivity contribution in [2.75, 3.05) is 18.4 Å². The topological polar surface area (TPSA) is 38.5 Å². The van der Waals surface area contributed by atoms with Crippen LogP contribution in [0.4, 0.5) is 5.69 Å². The van der Waals surface area contributed by atoms with E-state index in [1.165, 1.54) is 17.0 Å². The fourth-order valence-electron chi connectivity index (χ4n) is 3.26. The lowest BCUT2D eigenvalue weighted by Gasteiger charge is -2.21. The maximum absolute atomic E-state index is 12.3. The van der Waals surface area contributed by atoms with Crippen molar-refractivity contribution >= 4 is 27.5 Å². The highest BCUT2D eigenvalue weighted by atomic mass is 79.9. The van der Waals surface area contributed by atoms with E-state index >= 15 is 0 Å². The summed E-state index contributed by atoms with van der Waals surface area (Å²) < 4.78 is 3.18. The van der Waals surface area contributed by atoms with Crippen molar-refractivity contribution in [3.05, 3.63) is 52.8 Å². The lowest BCUT2D eigenvalue weighted by molar-refractivity contribution is -0.910. The van der Waals surface area contributed by atoms with E-state index in [2.05, 4.69) is 51.2 Å². The highest BCUT2D eigenvalue weighted by Gasteiger charge is 2.32. The number of likely N-dealkylation sites (tertiary alicyclic amines) is 1. The minimum Gasteiger partial charge on any atom is -0.350 e. The third kappa shape index (κ3) is 3.42. The van der Waals surface area contributed by atoms with Gasteiger partial charge in [-0.25, -0.2) is 0 Å². The molecule has 3 rings (SSSR count). The molecule has 4 nitrogen and oxygen atoms in total. The van der Waals surface area contributed by atoms with Crippen LogP contribution in [0.3, 0.4) is 0 Å². The molecule has 0 aliphatic carbocycles. The molecule has 1 aromatic carbocycles. The Bertz CT molecular complexity index is 650. The van der Waals surface area contributed by atoms with Crippen molar-refractivity contribution in [2.45, 2.75) is 18.9 Å². The number of hydrogen-bond donors (Lipinski definition) is 2. The predicted molar refractivity (Wildman–Crippen MR) is 90.9 cm³/mol. The summed E-state index contributed by atoms with van der Waals surface area (Å²) in [6.45, 7) is 1.58. The van der Waals surface area contributed by atoms with Gasteiger partial charge >= 0.3 is 0 Å². The maximum Gasteiger partial charge on any atom is 0.279 e. The predicted octanol–water partition coefficient (Wildman–Crippen LogP) is 2.15. The van der Waals surface area contributed by atoms with Crippen LogP contribution in [0.1, 0.15) is 24.6 Å². The van der Waals surface area contributed by atoms with Gasteiger partial charge in [-0.1, -0.05) is 15.9 Å². The molecule has 0 saturated carbocycles. The number of nitrogens with one attached hydrogen (secondary N) is 2. The van der Waals surface area contributed by atoms with Gasteiger partial charge < -0.3 is 14.8 Å². The lowest BCUT2D eigenvalue weighted by Crippen LogP contribution is -3.11. The zero-order chi connectivity index (χ0) is 15.5. The zero-order valence-corrected chi connectivity index (χ0v) is 14.3. The van der Waals surface area contributed by atoms with Gasteiger partial charge in [0.05, 0.1) is 12.2 Å². The molecule has 5 heteroatoms. The molecule has 1 fully saturated rings. The Kier molecular flexibility index (Phi) is 4.64. The number of amides is 1. The lowest BCUT2D eigenvalue weighted by atomic mass is 10.1. The molecule has 1 aliphatic rings. The Morgan fingerprint density at radius 3 is 2.82 bits per heavy atom. The van der Waals surface area contributed by atoms with Crippen molar-refractivity contribution in [1.82, 2.24) is 4.57 Å². The second kappa shape index (κ2) is 6.67. The molecule has 0 spiro atoms. The molecule has 22 heavy (non-hydrogen) atoms. The SMILES string of the molecule is Cn1cccc1[C@H]1CCC[NH+]1CC(=O)Nc1ccc(Br)cc1. The molecule has 1 unspecified atom stereocenters. The van der Waals surface area contributed by atoms with E-state index < -0.39 is 0 Å². The minimum atomic E-state index is 0.0819. The van der Waals surface area contributed by atoms with Crippen LogP contribution in [0, 0.1) is 0 Å². The second-order valence-corrected chi connectivity index (χ2v) is 6.79. The summed E-state index contributed by atoms with van der Waals surface area (Å²) in [6, 6.07) is 12.4. The number of hydrogen-bond acceptors (Lipinski definition) is 1. The second-order valence-electron chi connectivity index (χ2n) is 5.88. The molecule has 1 saturated heterocycles. The standard InChI is InChI=1S/C17H20BrN3O/c1-20-10-2-4-15(20)16-5-3-11-21(16)12-17(22)19-14-8-6-13(18)7-9-14/h2,4,6-10,16H,3,5,11-12H2,1H3,(H,19,22)/p+1/t16-/m1/s1. The first kappa shape index (κ1) is 15.3. The van der Waals surface area contributed by atoms with Crippen molar-refractivity contribution in [2.24, 2.45) is 7.05 Å². The Morgan fingerprint density at radius 2 is 2.14 bits per heavy atom. The smallest absolute Gasteiger partial charge is 0.279 e. The zero-order valence-electron chi connectivity index (χ0n) is 12.7. The van der Waals surface area contributed by atoms with Crippen molar-refractivity contribution in [1.29, 1.82) is 0 Å². The van der Waals surface area contributed by atoms with E-state index in [1.54, 1.807) is 0 Å². The van der Waals surface area contributed by atoms with Gasteiger partial charge in [-0.3, -0.25) is 4.79 Å².